The fourth-order valence-corrected chi connectivity index (χ4v) is 4.73. The maximum atomic E-state index is 14.8. The van der Waals surface area contributed by atoms with E-state index in [1.165, 1.54) is 40.2 Å². The van der Waals surface area contributed by atoms with Crippen molar-refractivity contribution < 1.29 is 48.9 Å². The van der Waals surface area contributed by atoms with Crippen LogP contribution in [0.15, 0.2) is 53.6 Å². The molecule has 1 amide bonds. The van der Waals surface area contributed by atoms with Gasteiger partial charge in [0, 0.05) is 28.6 Å². The first-order chi connectivity index (χ1) is 16.5. The SMILES string of the molecule is O=C(Nc1c(Cl)cc(C(F)(C(F)(F)F)C(F)(F)Br)cc1S(=O)C(F)F)c1ccc2ccc[n+]([O-])c2c1. The molecule has 0 radical (unpaired) electrons. The summed E-state index contributed by atoms with van der Waals surface area (Å²) in [7, 11) is -3.54. The molecule has 3 aromatic rings. The molecule has 1 heterocycles. The standard InChI is InChI=1S/C20H10BrClF8N2O3S/c21-19(26,27)18(25,20(28,29)30)11-7-12(22)15(14(8-11)36(35)17(23)24)31-16(33)10-4-3-9-2-1-5-32(34)13(9)6-10/h1-8,17H,(H,31,33). The van der Waals surface area contributed by atoms with E-state index in [9.17, 15) is 49.3 Å². The number of alkyl halides is 9. The van der Waals surface area contributed by atoms with Crippen LogP contribution in [0.4, 0.5) is 40.8 Å². The molecule has 16 heteroatoms. The number of rotatable bonds is 6. The Kier molecular flexibility index (Phi) is 7.59. The lowest BCUT2D eigenvalue weighted by atomic mass is 9.95. The van der Waals surface area contributed by atoms with E-state index in [1.54, 1.807) is 0 Å². The van der Waals surface area contributed by atoms with Gasteiger partial charge in [0.1, 0.15) is 10.8 Å². The Morgan fingerprint density at radius 1 is 1.08 bits per heavy atom. The van der Waals surface area contributed by atoms with Crippen molar-refractivity contribution in [3.05, 3.63) is 70.0 Å². The van der Waals surface area contributed by atoms with Gasteiger partial charge >= 0.3 is 22.4 Å². The number of amides is 1. The quantitative estimate of drug-likeness (QED) is 0.149. The van der Waals surface area contributed by atoms with Crippen LogP contribution in [0.3, 0.4) is 0 Å². The van der Waals surface area contributed by atoms with Gasteiger partial charge in [0.05, 0.1) is 15.6 Å². The Bertz CT molecular complexity index is 1350. The van der Waals surface area contributed by atoms with Crippen molar-refractivity contribution in [2.75, 3.05) is 5.32 Å². The number of aromatic nitrogens is 1. The van der Waals surface area contributed by atoms with Gasteiger partial charge in [-0.05, 0) is 46.3 Å². The van der Waals surface area contributed by atoms with Gasteiger partial charge in [-0.1, -0.05) is 11.6 Å². The largest absolute Gasteiger partial charge is 0.618 e. The summed E-state index contributed by atoms with van der Waals surface area (Å²) in [6.45, 7) is 0. The van der Waals surface area contributed by atoms with Crippen LogP contribution < -0.4 is 10.0 Å². The minimum Gasteiger partial charge on any atom is -0.618 e. The third kappa shape index (κ3) is 5.00. The molecule has 3 rings (SSSR count). The summed E-state index contributed by atoms with van der Waals surface area (Å²) in [6.07, 6.45) is -5.16. The van der Waals surface area contributed by atoms with Gasteiger partial charge in [0.25, 0.3) is 5.91 Å². The van der Waals surface area contributed by atoms with Crippen LogP contribution >= 0.6 is 27.5 Å². The molecule has 36 heavy (non-hydrogen) atoms. The number of halogens is 10. The molecule has 1 aromatic heterocycles. The Morgan fingerprint density at radius 2 is 1.72 bits per heavy atom. The first-order valence-electron chi connectivity index (χ1n) is 9.27. The Morgan fingerprint density at radius 3 is 2.28 bits per heavy atom. The highest BCUT2D eigenvalue weighted by molar-refractivity contribution is 9.10. The van der Waals surface area contributed by atoms with Crippen LogP contribution in [0, 0.1) is 5.21 Å². The zero-order valence-electron chi connectivity index (χ0n) is 17.1. The Labute approximate surface area is 212 Å². The summed E-state index contributed by atoms with van der Waals surface area (Å²) in [5.41, 5.74) is -8.60. The van der Waals surface area contributed by atoms with Crippen LogP contribution in [0.25, 0.3) is 10.9 Å². The molecule has 2 unspecified atom stereocenters. The zero-order chi connectivity index (χ0) is 27.2. The maximum Gasteiger partial charge on any atom is 0.433 e. The topological polar surface area (TPSA) is 73.1 Å². The molecule has 0 aliphatic heterocycles. The predicted octanol–water partition coefficient (Wildman–Crippen LogP) is 6.42. The third-order valence-electron chi connectivity index (χ3n) is 4.88. The minimum atomic E-state index is -6.28. The number of nitrogens with zero attached hydrogens (tertiary/aromatic N) is 1. The molecule has 0 aliphatic rings. The molecule has 5 nitrogen and oxygen atoms in total. The molecule has 0 spiro atoms. The van der Waals surface area contributed by atoms with Gasteiger partial charge in [-0.15, -0.1) is 0 Å². The molecule has 2 aromatic carbocycles. The summed E-state index contributed by atoms with van der Waals surface area (Å²) < 4.78 is 121. The van der Waals surface area contributed by atoms with E-state index >= 15 is 0 Å². The van der Waals surface area contributed by atoms with Crippen molar-refractivity contribution >= 4 is 60.8 Å². The van der Waals surface area contributed by atoms with Crippen molar-refractivity contribution in [3.63, 3.8) is 0 Å². The number of anilines is 1. The highest BCUT2D eigenvalue weighted by atomic mass is 79.9. The van der Waals surface area contributed by atoms with Gasteiger partial charge in [0.2, 0.25) is 5.52 Å². The third-order valence-corrected chi connectivity index (χ3v) is 6.80. The molecule has 0 saturated heterocycles. The summed E-state index contributed by atoms with van der Waals surface area (Å²) in [5.74, 6) is -4.92. The van der Waals surface area contributed by atoms with E-state index in [2.05, 4.69) is 0 Å². The molecule has 1 N–H and O–H groups in total. The molecular formula is C20H10BrClF8N2O3S. The summed E-state index contributed by atoms with van der Waals surface area (Å²) >= 11 is 7.11. The van der Waals surface area contributed by atoms with E-state index < -0.39 is 60.3 Å². The van der Waals surface area contributed by atoms with E-state index in [0.29, 0.717) is 10.1 Å². The Hall–Kier alpha value is -2.52. The monoisotopic (exact) mass is 624 g/mol. The second kappa shape index (κ2) is 9.74. The number of hydrogen-bond donors (Lipinski definition) is 1. The number of carbonyl (C=O) groups excluding carboxylic acids is 1. The number of pyridine rings is 1. The van der Waals surface area contributed by atoms with Crippen molar-refractivity contribution in [3.8, 4) is 0 Å². The average Bonchev–Trinajstić information content (AvgIpc) is 2.77. The lowest BCUT2D eigenvalue weighted by Gasteiger charge is -2.32. The lowest BCUT2D eigenvalue weighted by Crippen LogP contribution is -2.49. The maximum absolute atomic E-state index is 14.8. The van der Waals surface area contributed by atoms with Gasteiger partial charge < -0.3 is 10.5 Å². The van der Waals surface area contributed by atoms with E-state index in [1.807, 2.05) is 5.32 Å². The predicted molar refractivity (Wildman–Crippen MR) is 117 cm³/mol. The van der Waals surface area contributed by atoms with Crippen LogP contribution in [0.2, 0.25) is 5.02 Å². The van der Waals surface area contributed by atoms with Gasteiger partial charge in [0.15, 0.2) is 6.20 Å². The molecule has 0 aliphatic carbocycles. The van der Waals surface area contributed by atoms with Crippen LogP contribution in [-0.4, -0.2) is 26.9 Å². The van der Waals surface area contributed by atoms with E-state index in [-0.39, 0.29) is 23.2 Å². The molecule has 0 fully saturated rings. The lowest BCUT2D eigenvalue weighted by molar-refractivity contribution is -0.577. The summed E-state index contributed by atoms with van der Waals surface area (Å²) in [5, 5.41) is 13.2. The van der Waals surface area contributed by atoms with Crippen LogP contribution in [0.1, 0.15) is 15.9 Å². The highest BCUT2D eigenvalue weighted by Gasteiger charge is 2.71. The first kappa shape index (κ1) is 28.1. The second-order valence-corrected chi connectivity index (χ2v) is 9.90. The Balaban J connectivity index is 2.17. The van der Waals surface area contributed by atoms with Gasteiger partial charge in [-0.3, -0.25) is 4.79 Å². The van der Waals surface area contributed by atoms with Crippen LogP contribution in [0.5, 0.6) is 0 Å². The van der Waals surface area contributed by atoms with E-state index in [0.717, 1.165) is 12.3 Å². The smallest absolute Gasteiger partial charge is 0.433 e. The number of benzene rings is 2. The summed E-state index contributed by atoms with van der Waals surface area (Å²) in [6, 6.07) is 6.49. The van der Waals surface area contributed by atoms with Crippen molar-refractivity contribution in [2.24, 2.45) is 0 Å². The fraction of sp³-hybridized carbons (Fsp3) is 0.200. The normalized spacial score (nSPS) is 15.1. The molecular weight excluding hydrogens is 616 g/mol. The van der Waals surface area contributed by atoms with E-state index in [4.69, 9.17) is 11.6 Å². The van der Waals surface area contributed by atoms with Crippen LogP contribution in [-0.2, 0) is 16.5 Å². The fourth-order valence-electron chi connectivity index (χ4n) is 3.15. The number of hydrogen-bond acceptors (Lipinski definition) is 3. The molecule has 194 valence electrons. The van der Waals surface area contributed by atoms with Crippen molar-refractivity contribution in [1.29, 1.82) is 0 Å². The minimum absolute atomic E-state index is 0.00918. The van der Waals surface area contributed by atoms with Crippen molar-refractivity contribution in [1.82, 2.24) is 0 Å². The van der Waals surface area contributed by atoms with Gasteiger partial charge in [-0.25, -0.2) is 8.60 Å². The highest BCUT2D eigenvalue weighted by Crippen LogP contribution is 2.56. The molecule has 2 atom stereocenters. The zero-order valence-corrected chi connectivity index (χ0v) is 20.2. The average molecular weight is 626 g/mol. The number of carbonyl (C=O) groups is 1. The number of fused-ring (bicyclic) bond motifs is 1. The number of nitrogens with one attached hydrogen (secondary N) is 1. The summed E-state index contributed by atoms with van der Waals surface area (Å²) in [4.78, 5) is 6.08. The second-order valence-electron chi connectivity index (χ2n) is 7.10. The molecule has 0 bridgehead atoms. The van der Waals surface area contributed by atoms with Crippen molar-refractivity contribution in [2.45, 2.75) is 27.3 Å². The first-order valence-corrected chi connectivity index (χ1v) is 11.7. The molecule has 0 saturated carbocycles. The van der Waals surface area contributed by atoms with Gasteiger partial charge in [-0.2, -0.15) is 35.5 Å².